The lowest BCUT2D eigenvalue weighted by atomic mass is 9.96. The molecule has 1 amide bonds. The quantitative estimate of drug-likeness (QED) is 0.810. The van der Waals surface area contributed by atoms with Crippen molar-refractivity contribution in [1.29, 1.82) is 0 Å². The summed E-state index contributed by atoms with van der Waals surface area (Å²) in [5.74, 6) is 1.16. The van der Waals surface area contributed by atoms with Gasteiger partial charge in [-0.05, 0) is 49.1 Å². The van der Waals surface area contributed by atoms with Crippen molar-refractivity contribution < 1.29 is 4.79 Å². The minimum absolute atomic E-state index is 0.0677. The monoisotopic (exact) mass is 302 g/mol. The molecule has 3 atom stereocenters. The van der Waals surface area contributed by atoms with Crippen LogP contribution in [0.15, 0.2) is 24.3 Å². The fraction of sp³-hybridized carbons (Fsp3) is 0.632. The van der Waals surface area contributed by atoms with Crippen molar-refractivity contribution >= 4 is 5.91 Å². The van der Waals surface area contributed by atoms with Crippen LogP contribution in [-0.2, 0) is 11.2 Å². The number of rotatable bonds is 7. The summed E-state index contributed by atoms with van der Waals surface area (Å²) < 4.78 is 0. The van der Waals surface area contributed by atoms with E-state index >= 15 is 0 Å². The Morgan fingerprint density at radius 2 is 1.77 bits per heavy atom. The minimum Gasteiger partial charge on any atom is -0.349 e. The summed E-state index contributed by atoms with van der Waals surface area (Å²) in [7, 11) is 0. The molecule has 1 fully saturated rings. The summed E-state index contributed by atoms with van der Waals surface area (Å²) in [6.45, 7) is 8.25. The molecule has 1 aromatic rings. The highest BCUT2D eigenvalue weighted by atomic mass is 16.2. The number of amides is 1. The molecule has 1 aromatic carbocycles. The lowest BCUT2D eigenvalue weighted by molar-refractivity contribution is -0.125. The average Bonchev–Trinajstić information content (AvgIpc) is 3.28. The molecule has 3 unspecified atom stereocenters. The summed E-state index contributed by atoms with van der Waals surface area (Å²) in [4.78, 5) is 12.3. The highest BCUT2D eigenvalue weighted by molar-refractivity contribution is 5.79. The normalized spacial score (nSPS) is 18.8. The average molecular weight is 302 g/mol. The second kappa shape index (κ2) is 7.28. The molecule has 122 valence electrons. The molecule has 3 nitrogen and oxygen atoms in total. The molecule has 0 aromatic heterocycles. The van der Waals surface area contributed by atoms with Crippen LogP contribution >= 0.6 is 0 Å². The number of hydrogen-bond acceptors (Lipinski definition) is 2. The van der Waals surface area contributed by atoms with Crippen LogP contribution in [0.25, 0.3) is 0 Å². The van der Waals surface area contributed by atoms with Crippen molar-refractivity contribution in [3.8, 4) is 0 Å². The van der Waals surface area contributed by atoms with E-state index in [1.807, 2.05) is 13.8 Å². The molecule has 0 heterocycles. The molecule has 3 N–H and O–H groups in total. The highest BCUT2D eigenvalue weighted by Gasteiger charge is 2.34. The zero-order chi connectivity index (χ0) is 16.3. The van der Waals surface area contributed by atoms with Gasteiger partial charge >= 0.3 is 0 Å². The molecular weight excluding hydrogens is 272 g/mol. The van der Waals surface area contributed by atoms with Gasteiger partial charge in [-0.25, -0.2) is 0 Å². The first kappa shape index (κ1) is 17.0. The molecule has 0 radical (unpaired) electrons. The van der Waals surface area contributed by atoms with Crippen LogP contribution < -0.4 is 11.1 Å². The van der Waals surface area contributed by atoms with Crippen molar-refractivity contribution in [1.82, 2.24) is 5.32 Å². The number of carbonyl (C=O) groups is 1. The van der Waals surface area contributed by atoms with E-state index in [4.69, 9.17) is 5.73 Å². The fourth-order valence-electron chi connectivity index (χ4n) is 2.76. The maximum atomic E-state index is 12.3. The SMILES string of the molecule is CC(C)Cc1ccc(C(NC(=O)C(C)C(C)N)C2CC2)cc1. The maximum Gasteiger partial charge on any atom is 0.224 e. The number of hydrogen-bond donors (Lipinski definition) is 2. The first-order chi connectivity index (χ1) is 10.4. The smallest absolute Gasteiger partial charge is 0.224 e. The first-order valence-electron chi connectivity index (χ1n) is 8.53. The van der Waals surface area contributed by atoms with E-state index in [1.54, 1.807) is 0 Å². The van der Waals surface area contributed by atoms with Gasteiger partial charge in [0.05, 0.1) is 6.04 Å². The van der Waals surface area contributed by atoms with Crippen LogP contribution in [0, 0.1) is 17.8 Å². The molecule has 0 bridgehead atoms. The number of nitrogens with one attached hydrogen (secondary N) is 1. The van der Waals surface area contributed by atoms with E-state index in [1.165, 1.54) is 24.0 Å². The lowest BCUT2D eigenvalue weighted by Gasteiger charge is -2.23. The van der Waals surface area contributed by atoms with E-state index in [0.717, 1.165) is 6.42 Å². The Morgan fingerprint density at radius 1 is 1.18 bits per heavy atom. The summed E-state index contributed by atoms with van der Waals surface area (Å²) in [5.41, 5.74) is 8.44. The summed E-state index contributed by atoms with van der Waals surface area (Å²) >= 11 is 0. The number of nitrogens with two attached hydrogens (primary N) is 1. The van der Waals surface area contributed by atoms with Crippen molar-refractivity contribution in [3.63, 3.8) is 0 Å². The minimum atomic E-state index is -0.151. The molecule has 3 heteroatoms. The standard InChI is InChI=1S/C19H30N2O/c1-12(2)11-15-5-7-16(8-6-15)18(17-9-10-17)21-19(22)13(3)14(4)20/h5-8,12-14,17-18H,9-11,20H2,1-4H3,(H,21,22). The summed E-state index contributed by atoms with van der Waals surface area (Å²) in [6, 6.07) is 8.78. The van der Waals surface area contributed by atoms with Crippen LogP contribution in [0.4, 0.5) is 0 Å². The van der Waals surface area contributed by atoms with Gasteiger partial charge in [-0.1, -0.05) is 45.0 Å². The lowest BCUT2D eigenvalue weighted by Crippen LogP contribution is -2.40. The van der Waals surface area contributed by atoms with Gasteiger partial charge < -0.3 is 11.1 Å². The van der Waals surface area contributed by atoms with Gasteiger partial charge in [0.1, 0.15) is 0 Å². The molecule has 1 aliphatic rings. The molecule has 0 aliphatic heterocycles. The van der Waals surface area contributed by atoms with Gasteiger partial charge in [0.25, 0.3) is 0 Å². The van der Waals surface area contributed by atoms with Crippen molar-refractivity contribution in [2.45, 2.75) is 59.0 Å². The van der Waals surface area contributed by atoms with E-state index in [-0.39, 0.29) is 23.9 Å². The highest BCUT2D eigenvalue weighted by Crippen LogP contribution is 2.41. The van der Waals surface area contributed by atoms with E-state index in [2.05, 4.69) is 43.4 Å². The second-order valence-electron chi connectivity index (χ2n) is 7.31. The van der Waals surface area contributed by atoms with Crippen LogP contribution in [0.3, 0.4) is 0 Å². The molecule has 1 aliphatic carbocycles. The van der Waals surface area contributed by atoms with Gasteiger partial charge in [-0.2, -0.15) is 0 Å². The van der Waals surface area contributed by atoms with Crippen LogP contribution in [0.1, 0.15) is 57.7 Å². The summed E-state index contributed by atoms with van der Waals surface area (Å²) in [5, 5.41) is 3.22. The Bertz CT molecular complexity index is 489. The second-order valence-corrected chi connectivity index (χ2v) is 7.31. The predicted molar refractivity (Wildman–Crippen MR) is 91.4 cm³/mol. The maximum absolute atomic E-state index is 12.3. The Labute approximate surface area is 134 Å². The van der Waals surface area contributed by atoms with Crippen molar-refractivity contribution in [2.75, 3.05) is 0 Å². The Hall–Kier alpha value is -1.35. The topological polar surface area (TPSA) is 55.1 Å². The molecule has 2 rings (SSSR count). The largest absolute Gasteiger partial charge is 0.349 e. The van der Waals surface area contributed by atoms with Crippen molar-refractivity contribution in [3.05, 3.63) is 35.4 Å². The number of benzene rings is 1. The van der Waals surface area contributed by atoms with E-state index in [0.29, 0.717) is 11.8 Å². The third-order valence-corrected chi connectivity index (χ3v) is 4.58. The molecular formula is C19H30N2O. The molecule has 0 saturated heterocycles. The zero-order valence-electron chi connectivity index (χ0n) is 14.3. The van der Waals surface area contributed by atoms with Crippen LogP contribution in [0.5, 0.6) is 0 Å². The van der Waals surface area contributed by atoms with Crippen LogP contribution in [-0.4, -0.2) is 11.9 Å². The zero-order valence-corrected chi connectivity index (χ0v) is 14.3. The third kappa shape index (κ3) is 4.57. The van der Waals surface area contributed by atoms with Crippen LogP contribution in [0.2, 0.25) is 0 Å². The Balaban J connectivity index is 2.06. The van der Waals surface area contributed by atoms with E-state index < -0.39 is 0 Å². The molecule has 22 heavy (non-hydrogen) atoms. The van der Waals surface area contributed by atoms with Crippen molar-refractivity contribution in [2.24, 2.45) is 23.5 Å². The Morgan fingerprint density at radius 3 is 2.23 bits per heavy atom. The van der Waals surface area contributed by atoms with Gasteiger partial charge in [-0.3, -0.25) is 4.79 Å². The third-order valence-electron chi connectivity index (χ3n) is 4.58. The molecule has 1 saturated carbocycles. The van der Waals surface area contributed by atoms with Gasteiger partial charge in [0, 0.05) is 12.0 Å². The van der Waals surface area contributed by atoms with Gasteiger partial charge in [-0.15, -0.1) is 0 Å². The summed E-state index contributed by atoms with van der Waals surface area (Å²) in [6.07, 6.45) is 3.50. The Kier molecular flexibility index (Phi) is 5.63. The van der Waals surface area contributed by atoms with Gasteiger partial charge in [0.15, 0.2) is 0 Å². The van der Waals surface area contributed by atoms with Gasteiger partial charge in [0.2, 0.25) is 5.91 Å². The predicted octanol–water partition coefficient (Wildman–Crippen LogP) is 3.44. The molecule has 0 spiro atoms. The number of carbonyl (C=O) groups excluding carboxylic acids is 1. The fourth-order valence-corrected chi connectivity index (χ4v) is 2.76. The van der Waals surface area contributed by atoms with E-state index in [9.17, 15) is 4.79 Å². The first-order valence-corrected chi connectivity index (χ1v) is 8.53.